The first-order valence-corrected chi connectivity index (χ1v) is 5.11. The molecule has 0 aromatic heterocycles. The predicted molar refractivity (Wildman–Crippen MR) is 52.7 cm³/mol. The first kappa shape index (κ1) is 11.5. The highest BCUT2D eigenvalue weighted by molar-refractivity contribution is 5.75. The summed E-state index contributed by atoms with van der Waals surface area (Å²) < 4.78 is 9.86. The summed E-state index contributed by atoms with van der Waals surface area (Å²) in [6, 6.07) is 0.0735. The van der Waals surface area contributed by atoms with Crippen LogP contribution in [0.3, 0.4) is 0 Å². The second-order valence-corrected chi connectivity index (χ2v) is 3.70. The summed E-state index contributed by atoms with van der Waals surface area (Å²) in [6.07, 6.45) is 1.70. The van der Waals surface area contributed by atoms with Crippen LogP contribution in [0.5, 0.6) is 0 Å². The van der Waals surface area contributed by atoms with Crippen LogP contribution in [-0.2, 0) is 14.3 Å². The van der Waals surface area contributed by atoms with E-state index in [0.717, 1.165) is 12.8 Å². The molecule has 0 spiro atoms. The summed E-state index contributed by atoms with van der Waals surface area (Å²) >= 11 is 0. The third-order valence-corrected chi connectivity index (χ3v) is 2.63. The van der Waals surface area contributed by atoms with Crippen molar-refractivity contribution in [2.75, 3.05) is 20.3 Å². The number of carbonyl (C=O) groups is 1. The van der Waals surface area contributed by atoms with Gasteiger partial charge in [-0.1, -0.05) is 0 Å². The highest BCUT2D eigenvalue weighted by Gasteiger charge is 2.47. The van der Waals surface area contributed by atoms with Crippen LogP contribution in [0.15, 0.2) is 0 Å². The summed E-state index contributed by atoms with van der Waals surface area (Å²) in [5, 5.41) is 0. The van der Waals surface area contributed by atoms with Crippen molar-refractivity contribution in [3.63, 3.8) is 0 Å². The van der Waals surface area contributed by atoms with Crippen LogP contribution in [-0.4, -0.2) is 32.3 Å². The maximum Gasteiger partial charge on any atom is 0.309 e. The summed E-state index contributed by atoms with van der Waals surface area (Å²) in [5.74, 6) is 0.261. The van der Waals surface area contributed by atoms with Gasteiger partial charge in [-0.05, 0) is 25.7 Å². The molecule has 0 aromatic carbocycles. The summed E-state index contributed by atoms with van der Waals surface area (Å²) in [6.45, 7) is 2.93. The SMILES string of the molecule is CCOC(=O)[C@H]1C[C@@H]1[C@H](N)CCOC. The molecule has 0 saturated heterocycles. The van der Waals surface area contributed by atoms with Gasteiger partial charge >= 0.3 is 5.97 Å². The monoisotopic (exact) mass is 201 g/mol. The van der Waals surface area contributed by atoms with Gasteiger partial charge in [0.15, 0.2) is 0 Å². The molecule has 0 heterocycles. The molecule has 3 atom stereocenters. The van der Waals surface area contributed by atoms with Crippen molar-refractivity contribution >= 4 is 5.97 Å². The van der Waals surface area contributed by atoms with E-state index in [4.69, 9.17) is 15.2 Å². The lowest BCUT2D eigenvalue weighted by Crippen LogP contribution is -2.26. The lowest BCUT2D eigenvalue weighted by Gasteiger charge is -2.09. The largest absolute Gasteiger partial charge is 0.466 e. The molecule has 1 saturated carbocycles. The third kappa shape index (κ3) is 2.96. The van der Waals surface area contributed by atoms with Gasteiger partial charge in [-0.15, -0.1) is 0 Å². The van der Waals surface area contributed by atoms with E-state index in [1.807, 2.05) is 6.92 Å². The molecule has 0 bridgehead atoms. The van der Waals surface area contributed by atoms with Gasteiger partial charge in [0.1, 0.15) is 0 Å². The molecule has 1 aliphatic carbocycles. The minimum Gasteiger partial charge on any atom is -0.466 e. The zero-order valence-electron chi connectivity index (χ0n) is 8.86. The number of nitrogens with two attached hydrogens (primary N) is 1. The fourth-order valence-corrected chi connectivity index (χ4v) is 1.68. The normalized spacial score (nSPS) is 27.1. The van der Waals surface area contributed by atoms with Crippen LogP contribution < -0.4 is 5.73 Å². The van der Waals surface area contributed by atoms with E-state index in [0.29, 0.717) is 19.1 Å². The van der Waals surface area contributed by atoms with Gasteiger partial charge in [-0.25, -0.2) is 0 Å². The number of methoxy groups -OCH3 is 1. The van der Waals surface area contributed by atoms with Crippen molar-refractivity contribution in [3.05, 3.63) is 0 Å². The van der Waals surface area contributed by atoms with E-state index in [-0.39, 0.29) is 17.9 Å². The fourth-order valence-electron chi connectivity index (χ4n) is 1.68. The Bertz CT molecular complexity index is 196. The Morgan fingerprint density at radius 3 is 2.93 bits per heavy atom. The van der Waals surface area contributed by atoms with E-state index in [2.05, 4.69) is 0 Å². The molecule has 1 fully saturated rings. The van der Waals surface area contributed by atoms with Crippen molar-refractivity contribution < 1.29 is 14.3 Å². The number of carbonyl (C=O) groups excluding carboxylic acids is 1. The standard InChI is InChI=1S/C10H19NO3/c1-3-14-10(12)8-6-7(8)9(11)4-5-13-2/h7-9H,3-6,11H2,1-2H3/t7-,8-,9+/m0/s1. The summed E-state index contributed by atoms with van der Waals surface area (Å²) in [7, 11) is 1.66. The van der Waals surface area contributed by atoms with Crippen LogP contribution in [0.2, 0.25) is 0 Å². The second-order valence-electron chi connectivity index (χ2n) is 3.70. The number of hydrogen-bond acceptors (Lipinski definition) is 4. The molecule has 2 N–H and O–H groups in total. The predicted octanol–water partition coefficient (Wildman–Crippen LogP) is 0.549. The minimum absolute atomic E-state index is 0.0433. The Kier molecular flexibility index (Phi) is 4.35. The number of esters is 1. The lowest BCUT2D eigenvalue weighted by molar-refractivity contribution is -0.145. The number of rotatable bonds is 6. The smallest absolute Gasteiger partial charge is 0.309 e. The molecule has 4 nitrogen and oxygen atoms in total. The van der Waals surface area contributed by atoms with E-state index >= 15 is 0 Å². The van der Waals surface area contributed by atoms with E-state index in [1.165, 1.54) is 0 Å². The maximum absolute atomic E-state index is 11.3. The van der Waals surface area contributed by atoms with Gasteiger partial charge < -0.3 is 15.2 Å². The van der Waals surface area contributed by atoms with Crippen LogP contribution in [0.25, 0.3) is 0 Å². The first-order chi connectivity index (χ1) is 6.70. The molecule has 1 rings (SSSR count). The molecule has 0 radical (unpaired) electrons. The maximum atomic E-state index is 11.3. The van der Waals surface area contributed by atoms with E-state index in [9.17, 15) is 4.79 Å². The Morgan fingerprint density at radius 2 is 2.36 bits per heavy atom. The quantitative estimate of drug-likeness (QED) is 0.637. The zero-order chi connectivity index (χ0) is 10.6. The van der Waals surface area contributed by atoms with Crippen LogP contribution in [0.4, 0.5) is 0 Å². The molecule has 82 valence electrons. The minimum atomic E-state index is -0.0923. The van der Waals surface area contributed by atoms with Gasteiger partial charge in [0.2, 0.25) is 0 Å². The molecule has 1 aliphatic rings. The van der Waals surface area contributed by atoms with Gasteiger partial charge in [0, 0.05) is 19.8 Å². The molecule has 0 aliphatic heterocycles. The van der Waals surface area contributed by atoms with Gasteiger partial charge in [0.25, 0.3) is 0 Å². The number of ether oxygens (including phenoxy) is 2. The van der Waals surface area contributed by atoms with Gasteiger partial charge in [-0.2, -0.15) is 0 Å². The van der Waals surface area contributed by atoms with Crippen molar-refractivity contribution in [1.29, 1.82) is 0 Å². The topological polar surface area (TPSA) is 61.5 Å². The highest BCUT2D eigenvalue weighted by Crippen LogP contribution is 2.42. The van der Waals surface area contributed by atoms with Crippen LogP contribution >= 0.6 is 0 Å². The zero-order valence-corrected chi connectivity index (χ0v) is 8.86. The Balaban J connectivity index is 2.20. The van der Waals surface area contributed by atoms with E-state index in [1.54, 1.807) is 7.11 Å². The average molecular weight is 201 g/mol. The molecule has 0 aromatic rings. The van der Waals surface area contributed by atoms with Crippen LogP contribution in [0, 0.1) is 11.8 Å². The average Bonchev–Trinajstić information content (AvgIpc) is 2.94. The highest BCUT2D eigenvalue weighted by atomic mass is 16.5. The van der Waals surface area contributed by atoms with Gasteiger partial charge in [-0.3, -0.25) is 4.79 Å². The third-order valence-electron chi connectivity index (χ3n) is 2.63. The molecule has 0 unspecified atom stereocenters. The second kappa shape index (κ2) is 5.32. The summed E-state index contributed by atoms with van der Waals surface area (Å²) in [4.78, 5) is 11.3. The Labute approximate surface area is 84.7 Å². The lowest BCUT2D eigenvalue weighted by atomic mass is 10.1. The van der Waals surface area contributed by atoms with E-state index < -0.39 is 0 Å². The molecule has 4 heteroatoms. The molecule has 0 amide bonds. The fraction of sp³-hybridized carbons (Fsp3) is 0.900. The van der Waals surface area contributed by atoms with Gasteiger partial charge in [0.05, 0.1) is 12.5 Å². The summed E-state index contributed by atoms with van der Waals surface area (Å²) in [5.41, 5.74) is 5.90. The van der Waals surface area contributed by atoms with Crippen LogP contribution in [0.1, 0.15) is 19.8 Å². The first-order valence-electron chi connectivity index (χ1n) is 5.11. The molecular weight excluding hydrogens is 182 g/mol. The molecule has 14 heavy (non-hydrogen) atoms. The van der Waals surface area contributed by atoms with Crippen molar-refractivity contribution in [1.82, 2.24) is 0 Å². The van der Waals surface area contributed by atoms with Crippen molar-refractivity contribution in [2.45, 2.75) is 25.8 Å². The van der Waals surface area contributed by atoms with Crippen molar-refractivity contribution in [3.8, 4) is 0 Å². The molecular formula is C10H19NO3. The number of hydrogen-bond donors (Lipinski definition) is 1. The Hall–Kier alpha value is -0.610. The van der Waals surface area contributed by atoms with Crippen molar-refractivity contribution in [2.24, 2.45) is 17.6 Å². The Morgan fingerprint density at radius 1 is 1.64 bits per heavy atom.